The predicted octanol–water partition coefficient (Wildman–Crippen LogP) is 2.18. The van der Waals surface area contributed by atoms with Gasteiger partial charge in [-0.2, -0.15) is 18.4 Å². The third-order valence-electron chi connectivity index (χ3n) is 2.15. The van der Waals surface area contributed by atoms with E-state index in [1.165, 1.54) is 6.07 Å². The van der Waals surface area contributed by atoms with Gasteiger partial charge in [-0.05, 0) is 19.1 Å². The van der Waals surface area contributed by atoms with Crippen LogP contribution in [-0.2, 0) is 6.54 Å². The molecule has 0 amide bonds. The van der Waals surface area contributed by atoms with E-state index in [1.807, 2.05) is 0 Å². The lowest BCUT2D eigenvalue weighted by molar-refractivity contribution is -0.157. The molecule has 1 aromatic rings. The molecule has 1 N–H and O–H groups in total. The number of pyridine rings is 1. The first-order chi connectivity index (χ1) is 7.93. The molecule has 17 heavy (non-hydrogen) atoms. The zero-order valence-electron chi connectivity index (χ0n) is 9.25. The van der Waals surface area contributed by atoms with Crippen molar-refractivity contribution in [2.24, 2.45) is 5.92 Å². The van der Waals surface area contributed by atoms with E-state index in [2.05, 4.69) is 10.3 Å². The number of hydrogen-bond donors (Lipinski definition) is 1. The fraction of sp³-hybridized carbons (Fsp3) is 0.455. The molecule has 6 heteroatoms. The number of rotatable bonds is 4. The molecule has 0 aliphatic rings. The van der Waals surface area contributed by atoms with Gasteiger partial charge in [0.15, 0.2) is 5.92 Å². The molecule has 0 aliphatic carbocycles. The molecule has 0 radical (unpaired) electrons. The van der Waals surface area contributed by atoms with Crippen LogP contribution in [0.5, 0.6) is 0 Å². The molecular weight excluding hydrogens is 231 g/mol. The fourth-order valence-electron chi connectivity index (χ4n) is 1.28. The molecule has 0 fully saturated rings. The van der Waals surface area contributed by atoms with Gasteiger partial charge in [-0.1, -0.05) is 6.07 Å². The van der Waals surface area contributed by atoms with E-state index in [0.717, 1.165) is 5.69 Å². The lowest BCUT2D eigenvalue weighted by Gasteiger charge is -2.13. The molecule has 0 bridgehead atoms. The van der Waals surface area contributed by atoms with Crippen molar-refractivity contribution in [1.29, 1.82) is 5.26 Å². The van der Waals surface area contributed by atoms with Crippen molar-refractivity contribution in [2.75, 3.05) is 6.54 Å². The van der Waals surface area contributed by atoms with E-state index < -0.39 is 18.6 Å². The Hall–Kier alpha value is -1.61. The van der Waals surface area contributed by atoms with Crippen LogP contribution in [0, 0.1) is 24.2 Å². The Kier molecular flexibility index (Phi) is 4.46. The minimum Gasteiger partial charge on any atom is -0.310 e. The highest BCUT2D eigenvalue weighted by atomic mass is 19.4. The molecule has 1 heterocycles. The van der Waals surface area contributed by atoms with E-state index in [4.69, 9.17) is 5.26 Å². The zero-order chi connectivity index (χ0) is 12.9. The van der Waals surface area contributed by atoms with Crippen molar-refractivity contribution >= 4 is 0 Å². The van der Waals surface area contributed by atoms with Gasteiger partial charge in [-0.25, -0.2) is 0 Å². The Balaban J connectivity index is 2.45. The third-order valence-corrected chi connectivity index (χ3v) is 2.15. The summed E-state index contributed by atoms with van der Waals surface area (Å²) in [6, 6.07) is 6.53. The quantitative estimate of drug-likeness (QED) is 0.881. The number of nitriles is 1. The zero-order valence-corrected chi connectivity index (χ0v) is 9.25. The fourth-order valence-corrected chi connectivity index (χ4v) is 1.28. The molecule has 0 aliphatic heterocycles. The second kappa shape index (κ2) is 5.64. The largest absolute Gasteiger partial charge is 0.405 e. The van der Waals surface area contributed by atoms with Crippen molar-refractivity contribution in [3.05, 3.63) is 29.6 Å². The standard InChI is InChI=1S/C11H12F3N3/c1-8-3-2-4-10(17-8)7-16-6-9(5-15)11(12,13)14/h2-4,9,16H,6-7H2,1H3. The summed E-state index contributed by atoms with van der Waals surface area (Å²) >= 11 is 0. The average molecular weight is 243 g/mol. The van der Waals surface area contributed by atoms with Crippen LogP contribution < -0.4 is 5.32 Å². The van der Waals surface area contributed by atoms with E-state index >= 15 is 0 Å². The highest BCUT2D eigenvalue weighted by molar-refractivity contribution is 5.09. The van der Waals surface area contributed by atoms with Crippen molar-refractivity contribution in [3.8, 4) is 6.07 Å². The first kappa shape index (κ1) is 13.5. The van der Waals surface area contributed by atoms with E-state index in [0.29, 0.717) is 5.69 Å². The van der Waals surface area contributed by atoms with Crippen molar-refractivity contribution in [1.82, 2.24) is 10.3 Å². The summed E-state index contributed by atoms with van der Waals surface area (Å²) in [6.07, 6.45) is -4.48. The SMILES string of the molecule is Cc1cccc(CNCC(C#N)C(F)(F)F)n1. The molecule has 1 unspecified atom stereocenters. The van der Waals surface area contributed by atoms with Crippen LogP contribution in [0.2, 0.25) is 0 Å². The lowest BCUT2D eigenvalue weighted by Crippen LogP contribution is -2.32. The van der Waals surface area contributed by atoms with Gasteiger partial charge in [0.1, 0.15) is 0 Å². The average Bonchev–Trinajstić information content (AvgIpc) is 2.22. The highest BCUT2D eigenvalue weighted by Crippen LogP contribution is 2.24. The normalized spacial score (nSPS) is 13.1. The maximum atomic E-state index is 12.2. The smallest absolute Gasteiger partial charge is 0.310 e. The predicted molar refractivity (Wildman–Crippen MR) is 55.8 cm³/mol. The highest BCUT2D eigenvalue weighted by Gasteiger charge is 2.39. The maximum absolute atomic E-state index is 12.2. The molecule has 0 aromatic carbocycles. The van der Waals surface area contributed by atoms with E-state index in [1.54, 1.807) is 25.1 Å². The minimum absolute atomic E-state index is 0.218. The van der Waals surface area contributed by atoms with Gasteiger partial charge in [0.25, 0.3) is 0 Å². The van der Waals surface area contributed by atoms with Crippen LogP contribution in [-0.4, -0.2) is 17.7 Å². The first-order valence-electron chi connectivity index (χ1n) is 5.03. The van der Waals surface area contributed by atoms with Gasteiger partial charge in [-0.3, -0.25) is 4.98 Å². The van der Waals surface area contributed by atoms with Crippen LogP contribution in [0.3, 0.4) is 0 Å². The van der Waals surface area contributed by atoms with E-state index in [9.17, 15) is 13.2 Å². The molecule has 3 nitrogen and oxygen atoms in total. The number of aromatic nitrogens is 1. The second-order valence-electron chi connectivity index (χ2n) is 3.62. The summed E-state index contributed by atoms with van der Waals surface area (Å²) in [4.78, 5) is 4.13. The van der Waals surface area contributed by atoms with Crippen molar-refractivity contribution in [3.63, 3.8) is 0 Å². The van der Waals surface area contributed by atoms with Crippen LogP contribution >= 0.6 is 0 Å². The summed E-state index contributed by atoms with van der Waals surface area (Å²) < 4.78 is 36.7. The number of halogens is 3. The van der Waals surface area contributed by atoms with Gasteiger partial charge in [0.05, 0.1) is 11.8 Å². The Morgan fingerprint density at radius 3 is 2.71 bits per heavy atom. The van der Waals surface area contributed by atoms with Crippen LogP contribution in [0.1, 0.15) is 11.4 Å². The number of nitrogens with zero attached hydrogens (tertiary/aromatic N) is 2. The van der Waals surface area contributed by atoms with Gasteiger partial charge in [0, 0.05) is 18.8 Å². The summed E-state index contributed by atoms with van der Waals surface area (Å²) in [5.74, 6) is -1.98. The molecule has 0 saturated carbocycles. The molecule has 1 atom stereocenters. The Labute approximate surface area is 97.3 Å². The van der Waals surface area contributed by atoms with Crippen LogP contribution in [0.25, 0.3) is 0 Å². The van der Waals surface area contributed by atoms with Crippen LogP contribution in [0.15, 0.2) is 18.2 Å². The first-order valence-corrected chi connectivity index (χ1v) is 5.03. The molecule has 92 valence electrons. The molecule has 1 rings (SSSR count). The lowest BCUT2D eigenvalue weighted by atomic mass is 10.1. The number of alkyl halides is 3. The summed E-state index contributed by atoms with van der Waals surface area (Å²) in [5, 5.41) is 11.0. The van der Waals surface area contributed by atoms with E-state index in [-0.39, 0.29) is 6.54 Å². The molecule has 1 aromatic heterocycles. The van der Waals surface area contributed by atoms with Gasteiger partial charge >= 0.3 is 6.18 Å². The Bertz CT molecular complexity index is 409. The van der Waals surface area contributed by atoms with Crippen LogP contribution in [0.4, 0.5) is 13.2 Å². The number of aryl methyl sites for hydroxylation is 1. The maximum Gasteiger partial charge on any atom is 0.405 e. The molecule has 0 saturated heterocycles. The Morgan fingerprint density at radius 2 is 2.18 bits per heavy atom. The second-order valence-corrected chi connectivity index (χ2v) is 3.62. The molecular formula is C11H12F3N3. The molecule has 0 spiro atoms. The third kappa shape index (κ3) is 4.41. The minimum atomic E-state index is -4.48. The monoisotopic (exact) mass is 243 g/mol. The van der Waals surface area contributed by atoms with Crippen molar-refractivity contribution < 1.29 is 13.2 Å². The van der Waals surface area contributed by atoms with Crippen molar-refractivity contribution in [2.45, 2.75) is 19.6 Å². The summed E-state index contributed by atoms with van der Waals surface area (Å²) in [6.45, 7) is 1.60. The van der Waals surface area contributed by atoms with Gasteiger partial charge < -0.3 is 5.32 Å². The number of hydrogen-bond acceptors (Lipinski definition) is 3. The summed E-state index contributed by atoms with van der Waals surface area (Å²) in [7, 11) is 0. The topological polar surface area (TPSA) is 48.7 Å². The summed E-state index contributed by atoms with van der Waals surface area (Å²) in [5.41, 5.74) is 1.46. The van der Waals surface area contributed by atoms with Gasteiger partial charge in [0.2, 0.25) is 0 Å². The number of nitrogens with one attached hydrogen (secondary N) is 1. The van der Waals surface area contributed by atoms with Gasteiger partial charge in [-0.15, -0.1) is 0 Å². The Morgan fingerprint density at radius 1 is 1.47 bits per heavy atom.